The number of hydrogen-bond acceptors (Lipinski definition) is 7. The summed E-state index contributed by atoms with van der Waals surface area (Å²) in [4.78, 5) is 14.0. The summed E-state index contributed by atoms with van der Waals surface area (Å²) in [5.41, 5.74) is 1.12. The summed E-state index contributed by atoms with van der Waals surface area (Å²) in [5.74, 6) is 1.29. The Bertz CT molecular complexity index is 870. The van der Waals surface area contributed by atoms with Crippen molar-refractivity contribution in [2.24, 2.45) is 0 Å². The molecular weight excluding hydrogens is 374 g/mol. The molecule has 0 aliphatic carbocycles. The maximum atomic E-state index is 12.4. The molecule has 1 aromatic carbocycles. The predicted molar refractivity (Wildman–Crippen MR) is 106 cm³/mol. The Hall–Kier alpha value is -2.94. The van der Waals surface area contributed by atoms with Gasteiger partial charge in [0.15, 0.2) is 5.82 Å². The van der Waals surface area contributed by atoms with Crippen LogP contribution in [0.5, 0.6) is 5.75 Å². The minimum Gasteiger partial charge on any atom is -0.497 e. The summed E-state index contributed by atoms with van der Waals surface area (Å²) in [7, 11) is 1.62. The van der Waals surface area contributed by atoms with Crippen LogP contribution in [0.2, 0.25) is 0 Å². The Kier molecular flexibility index (Phi) is 6.17. The Balaban J connectivity index is 1.74. The van der Waals surface area contributed by atoms with Crippen molar-refractivity contribution >= 4 is 12.2 Å². The van der Waals surface area contributed by atoms with E-state index in [1.807, 2.05) is 45.0 Å². The average Bonchev–Trinajstić information content (AvgIpc) is 3.09. The van der Waals surface area contributed by atoms with Crippen LogP contribution in [0.4, 0.5) is 4.79 Å². The zero-order valence-corrected chi connectivity index (χ0v) is 17.2. The fourth-order valence-electron chi connectivity index (χ4n) is 2.99. The number of amides is 1. The van der Waals surface area contributed by atoms with Gasteiger partial charge in [-0.3, -0.25) is 0 Å². The number of carbonyl (C=O) groups excluding carboxylic acids is 1. The van der Waals surface area contributed by atoms with Crippen molar-refractivity contribution < 1.29 is 19.4 Å². The van der Waals surface area contributed by atoms with Gasteiger partial charge < -0.3 is 19.5 Å². The smallest absolute Gasteiger partial charge is 0.410 e. The molecule has 1 aromatic heterocycles. The Morgan fingerprint density at radius 3 is 2.69 bits per heavy atom. The van der Waals surface area contributed by atoms with Crippen molar-refractivity contribution in [3.8, 4) is 5.75 Å². The molecule has 1 amide bonds. The summed E-state index contributed by atoms with van der Waals surface area (Å²) in [6, 6.07) is 7.64. The van der Waals surface area contributed by atoms with Crippen LogP contribution in [0.1, 0.15) is 38.6 Å². The number of likely N-dealkylation sites (tertiary alicyclic amines) is 1. The Morgan fingerprint density at radius 1 is 1.31 bits per heavy atom. The number of piperidine rings is 1. The molecule has 1 fully saturated rings. The first-order chi connectivity index (χ1) is 13.7. The van der Waals surface area contributed by atoms with Crippen molar-refractivity contribution in [1.82, 2.24) is 25.1 Å². The molecule has 1 unspecified atom stereocenters. The minimum absolute atomic E-state index is 0.269. The summed E-state index contributed by atoms with van der Waals surface area (Å²) in [6.45, 7) is 6.66. The van der Waals surface area contributed by atoms with Crippen molar-refractivity contribution in [1.29, 1.82) is 0 Å². The highest BCUT2D eigenvalue weighted by molar-refractivity contribution is 5.69. The molecule has 9 heteroatoms. The van der Waals surface area contributed by atoms with Crippen molar-refractivity contribution in [2.75, 3.05) is 20.2 Å². The van der Waals surface area contributed by atoms with Gasteiger partial charge in [-0.25, -0.2) is 9.48 Å². The number of aliphatic hydroxyl groups is 1. The monoisotopic (exact) mass is 401 g/mol. The Morgan fingerprint density at radius 2 is 2.03 bits per heavy atom. The van der Waals surface area contributed by atoms with Crippen LogP contribution < -0.4 is 4.74 Å². The van der Waals surface area contributed by atoms with Crippen molar-refractivity contribution in [2.45, 2.75) is 45.4 Å². The molecule has 1 saturated heterocycles. The van der Waals surface area contributed by atoms with Gasteiger partial charge in [-0.2, -0.15) is 0 Å². The van der Waals surface area contributed by atoms with Gasteiger partial charge in [0.05, 0.1) is 19.8 Å². The highest BCUT2D eigenvalue weighted by atomic mass is 16.6. The number of rotatable bonds is 4. The summed E-state index contributed by atoms with van der Waals surface area (Å²) in [6.07, 6.45) is 1.13. The summed E-state index contributed by atoms with van der Waals surface area (Å²) in [5, 5.41) is 22.3. The SMILES string of the molecule is COc1ccc(Cn2nnnc2/C=C2\CN(C(=O)OC(C)(C)C)CCC2O)cc1. The lowest BCUT2D eigenvalue weighted by Crippen LogP contribution is -2.44. The Labute approximate surface area is 169 Å². The quantitative estimate of drug-likeness (QED) is 0.837. The molecule has 0 bridgehead atoms. The second kappa shape index (κ2) is 8.60. The number of methoxy groups -OCH3 is 1. The molecule has 156 valence electrons. The summed E-state index contributed by atoms with van der Waals surface area (Å²) < 4.78 is 12.3. The van der Waals surface area contributed by atoms with Crippen molar-refractivity contribution in [3.63, 3.8) is 0 Å². The normalized spacial score (nSPS) is 18.7. The average molecular weight is 401 g/mol. The van der Waals surface area contributed by atoms with Crippen molar-refractivity contribution in [3.05, 3.63) is 41.2 Å². The van der Waals surface area contributed by atoms with E-state index < -0.39 is 17.8 Å². The van der Waals surface area contributed by atoms with Gasteiger partial charge in [-0.1, -0.05) is 12.1 Å². The van der Waals surface area contributed by atoms with E-state index in [9.17, 15) is 9.90 Å². The third kappa shape index (κ3) is 5.54. The lowest BCUT2D eigenvalue weighted by atomic mass is 10.0. The van der Waals surface area contributed by atoms with Gasteiger partial charge in [0, 0.05) is 13.1 Å². The van der Waals surface area contributed by atoms with Gasteiger partial charge in [0.2, 0.25) is 0 Å². The first-order valence-electron chi connectivity index (χ1n) is 9.51. The molecular formula is C20H27N5O4. The number of hydrogen-bond donors (Lipinski definition) is 1. The molecule has 0 spiro atoms. The van der Waals surface area contributed by atoms with E-state index >= 15 is 0 Å². The molecule has 9 nitrogen and oxygen atoms in total. The maximum absolute atomic E-state index is 12.4. The van der Waals surface area contributed by atoms with E-state index in [1.165, 1.54) is 0 Å². The third-order valence-corrected chi connectivity index (χ3v) is 4.49. The van der Waals surface area contributed by atoms with E-state index in [1.54, 1.807) is 22.8 Å². The van der Waals surface area contributed by atoms with Crippen LogP contribution in [0.25, 0.3) is 6.08 Å². The second-order valence-corrected chi connectivity index (χ2v) is 7.97. The van der Waals surface area contributed by atoms with Crippen LogP contribution >= 0.6 is 0 Å². The molecule has 0 radical (unpaired) electrons. The van der Waals surface area contributed by atoms with E-state index in [4.69, 9.17) is 9.47 Å². The number of carbonyl (C=O) groups is 1. The fraction of sp³-hybridized carbons (Fsp3) is 0.500. The molecule has 1 aliphatic heterocycles. The lowest BCUT2D eigenvalue weighted by Gasteiger charge is -2.33. The number of aromatic nitrogens is 4. The van der Waals surface area contributed by atoms with Crippen LogP contribution in [0, 0.1) is 0 Å². The molecule has 0 saturated carbocycles. The number of nitrogens with zero attached hydrogens (tertiary/aromatic N) is 5. The topological polar surface area (TPSA) is 103 Å². The van der Waals surface area contributed by atoms with E-state index in [2.05, 4.69) is 15.5 Å². The zero-order valence-electron chi connectivity index (χ0n) is 17.2. The predicted octanol–water partition coefficient (Wildman–Crippen LogP) is 2.12. The lowest BCUT2D eigenvalue weighted by molar-refractivity contribution is 0.0191. The van der Waals surface area contributed by atoms with Gasteiger partial charge >= 0.3 is 6.09 Å². The van der Waals surface area contributed by atoms with Gasteiger partial charge in [0.25, 0.3) is 0 Å². The molecule has 2 aromatic rings. The number of tetrazole rings is 1. The van der Waals surface area contributed by atoms with E-state index in [0.717, 1.165) is 11.3 Å². The third-order valence-electron chi connectivity index (χ3n) is 4.49. The standard InChI is InChI=1S/C20H27N5O4/c1-20(2,3)29-19(27)24-10-9-17(26)15(13-24)11-18-21-22-23-25(18)12-14-5-7-16(28-4)8-6-14/h5-8,11,17,26H,9-10,12-13H2,1-4H3/b15-11+. The number of aliphatic hydroxyl groups excluding tert-OH is 1. The van der Waals surface area contributed by atoms with Gasteiger partial charge in [-0.15, -0.1) is 5.10 Å². The highest BCUT2D eigenvalue weighted by Gasteiger charge is 2.29. The van der Waals surface area contributed by atoms with Crippen LogP contribution in [-0.2, 0) is 11.3 Å². The molecule has 29 heavy (non-hydrogen) atoms. The second-order valence-electron chi connectivity index (χ2n) is 7.97. The van der Waals surface area contributed by atoms with Gasteiger partial charge in [-0.05, 0) is 67.0 Å². The number of ether oxygens (including phenoxy) is 2. The highest BCUT2D eigenvalue weighted by Crippen LogP contribution is 2.21. The maximum Gasteiger partial charge on any atom is 0.410 e. The molecule has 1 N–H and O–H groups in total. The molecule has 1 atom stereocenters. The van der Waals surface area contributed by atoms with E-state index in [0.29, 0.717) is 30.9 Å². The first-order valence-corrected chi connectivity index (χ1v) is 9.51. The van der Waals surface area contributed by atoms with Crippen LogP contribution in [0.15, 0.2) is 29.8 Å². The van der Waals surface area contributed by atoms with Crippen LogP contribution in [-0.4, -0.2) is 68.2 Å². The number of benzene rings is 1. The van der Waals surface area contributed by atoms with Crippen LogP contribution in [0.3, 0.4) is 0 Å². The molecule has 3 rings (SSSR count). The van der Waals surface area contributed by atoms with Gasteiger partial charge in [0.1, 0.15) is 11.4 Å². The summed E-state index contributed by atoms with van der Waals surface area (Å²) >= 11 is 0. The molecule has 1 aliphatic rings. The largest absolute Gasteiger partial charge is 0.497 e. The molecule has 2 heterocycles. The first kappa shape index (κ1) is 20.8. The fourth-order valence-corrected chi connectivity index (χ4v) is 2.99. The zero-order chi connectivity index (χ0) is 21.0. The minimum atomic E-state index is -0.653. The van der Waals surface area contributed by atoms with E-state index in [-0.39, 0.29) is 6.54 Å².